The van der Waals surface area contributed by atoms with E-state index >= 15 is 0 Å². The molecule has 24 heavy (non-hydrogen) atoms. The topological polar surface area (TPSA) is 58.1 Å². The molecule has 0 spiro atoms. The first-order valence-corrected chi connectivity index (χ1v) is 8.66. The molecule has 1 amide bonds. The average molecular weight is 324 g/mol. The summed E-state index contributed by atoms with van der Waals surface area (Å²) in [6.45, 7) is 5.19. The van der Waals surface area contributed by atoms with Crippen molar-refractivity contribution in [2.75, 3.05) is 16.8 Å². The quantitative estimate of drug-likeness (QED) is 0.929. The van der Waals surface area contributed by atoms with E-state index in [2.05, 4.69) is 27.3 Å². The molecule has 1 atom stereocenters. The highest BCUT2D eigenvalue weighted by Gasteiger charge is 2.22. The Labute approximate surface area is 143 Å². The van der Waals surface area contributed by atoms with Gasteiger partial charge in [0.25, 0.3) is 5.91 Å². The smallest absolute Gasteiger partial charge is 0.276 e. The minimum absolute atomic E-state index is 0.228. The number of aromatic nitrogens is 2. The van der Waals surface area contributed by atoms with Crippen LogP contribution in [-0.2, 0) is 0 Å². The van der Waals surface area contributed by atoms with Crippen LogP contribution in [0.5, 0.6) is 0 Å². The number of carbonyl (C=O) groups excluding carboxylic acids is 1. The first-order chi connectivity index (χ1) is 11.7. The van der Waals surface area contributed by atoms with Crippen molar-refractivity contribution >= 4 is 17.4 Å². The molecule has 0 aliphatic carbocycles. The lowest BCUT2D eigenvalue weighted by atomic mass is 10.0. The second-order valence-electron chi connectivity index (χ2n) is 6.30. The van der Waals surface area contributed by atoms with E-state index in [9.17, 15) is 4.79 Å². The van der Waals surface area contributed by atoms with E-state index in [1.165, 1.54) is 19.3 Å². The number of nitrogens with one attached hydrogen (secondary N) is 1. The second-order valence-corrected chi connectivity index (χ2v) is 6.30. The van der Waals surface area contributed by atoms with Gasteiger partial charge in [-0.2, -0.15) is 0 Å². The SMILES string of the molecule is CCC1CCCCN1c1ccc(C(=O)Nc2ccccc2C)nn1. The first kappa shape index (κ1) is 16.4. The standard InChI is InChI=1S/C19H24N4O/c1-3-15-9-6-7-13-23(15)18-12-11-17(21-22-18)19(24)20-16-10-5-4-8-14(16)2/h4-5,8,10-12,15H,3,6-7,9,13H2,1-2H3,(H,20,24). The van der Waals surface area contributed by atoms with Crippen molar-refractivity contribution in [1.82, 2.24) is 10.2 Å². The lowest BCUT2D eigenvalue weighted by Gasteiger charge is -2.35. The summed E-state index contributed by atoms with van der Waals surface area (Å²) < 4.78 is 0. The van der Waals surface area contributed by atoms with Crippen LogP contribution < -0.4 is 10.2 Å². The third-order valence-corrected chi connectivity index (χ3v) is 4.67. The zero-order chi connectivity index (χ0) is 16.9. The Hall–Kier alpha value is -2.43. The lowest BCUT2D eigenvalue weighted by molar-refractivity contribution is 0.102. The number of piperidine rings is 1. The van der Waals surface area contributed by atoms with Crippen LogP contribution in [0.1, 0.15) is 48.7 Å². The normalized spacial score (nSPS) is 17.6. The fourth-order valence-corrected chi connectivity index (χ4v) is 3.23. The van der Waals surface area contributed by atoms with E-state index in [-0.39, 0.29) is 5.91 Å². The summed E-state index contributed by atoms with van der Waals surface area (Å²) in [6.07, 6.45) is 4.78. The molecule has 2 heterocycles. The van der Waals surface area contributed by atoms with E-state index in [4.69, 9.17) is 0 Å². The molecule has 1 saturated heterocycles. The van der Waals surface area contributed by atoms with Gasteiger partial charge in [0.15, 0.2) is 11.5 Å². The molecule has 1 N–H and O–H groups in total. The van der Waals surface area contributed by atoms with Gasteiger partial charge in [0.1, 0.15) is 0 Å². The maximum atomic E-state index is 12.3. The number of para-hydroxylation sites is 1. The van der Waals surface area contributed by atoms with Crippen molar-refractivity contribution in [3.63, 3.8) is 0 Å². The van der Waals surface area contributed by atoms with Gasteiger partial charge < -0.3 is 10.2 Å². The highest BCUT2D eigenvalue weighted by Crippen LogP contribution is 2.24. The minimum atomic E-state index is -0.228. The third kappa shape index (κ3) is 3.55. The molecule has 126 valence electrons. The summed E-state index contributed by atoms with van der Waals surface area (Å²) in [5.41, 5.74) is 2.16. The molecular weight excluding hydrogens is 300 g/mol. The highest BCUT2D eigenvalue weighted by molar-refractivity contribution is 6.03. The van der Waals surface area contributed by atoms with Crippen molar-refractivity contribution in [3.8, 4) is 0 Å². The zero-order valence-electron chi connectivity index (χ0n) is 14.3. The van der Waals surface area contributed by atoms with Crippen molar-refractivity contribution < 1.29 is 4.79 Å². The van der Waals surface area contributed by atoms with Gasteiger partial charge in [0.2, 0.25) is 0 Å². The Morgan fingerprint density at radius 3 is 2.75 bits per heavy atom. The van der Waals surface area contributed by atoms with Gasteiger partial charge in [-0.3, -0.25) is 4.79 Å². The van der Waals surface area contributed by atoms with Crippen LogP contribution in [0, 0.1) is 6.92 Å². The largest absolute Gasteiger partial charge is 0.352 e. The number of anilines is 2. The molecule has 2 aromatic rings. The molecule has 0 bridgehead atoms. The van der Waals surface area contributed by atoms with Crippen molar-refractivity contribution in [3.05, 3.63) is 47.7 Å². The zero-order valence-corrected chi connectivity index (χ0v) is 14.3. The van der Waals surface area contributed by atoms with Crippen LogP contribution in [0.2, 0.25) is 0 Å². The molecular formula is C19H24N4O. The molecule has 1 aromatic carbocycles. The maximum absolute atomic E-state index is 12.3. The Kier molecular flexibility index (Phi) is 5.08. The van der Waals surface area contributed by atoms with E-state index in [1.54, 1.807) is 6.07 Å². The fourth-order valence-electron chi connectivity index (χ4n) is 3.23. The molecule has 3 rings (SSSR count). The number of aryl methyl sites for hydroxylation is 1. The third-order valence-electron chi connectivity index (χ3n) is 4.67. The molecule has 1 fully saturated rings. The molecule has 0 saturated carbocycles. The minimum Gasteiger partial charge on any atom is -0.352 e. The Balaban J connectivity index is 1.72. The summed E-state index contributed by atoms with van der Waals surface area (Å²) in [4.78, 5) is 14.7. The van der Waals surface area contributed by atoms with E-state index in [0.717, 1.165) is 30.0 Å². The molecule has 1 aromatic heterocycles. The lowest BCUT2D eigenvalue weighted by Crippen LogP contribution is -2.39. The van der Waals surface area contributed by atoms with Crippen LogP contribution in [-0.4, -0.2) is 28.7 Å². The van der Waals surface area contributed by atoms with Crippen LogP contribution in [0.4, 0.5) is 11.5 Å². The maximum Gasteiger partial charge on any atom is 0.276 e. The predicted molar refractivity (Wildman–Crippen MR) is 96.4 cm³/mol. The van der Waals surface area contributed by atoms with Gasteiger partial charge in [0, 0.05) is 18.3 Å². The number of nitrogens with zero attached hydrogens (tertiary/aromatic N) is 3. The second kappa shape index (κ2) is 7.43. The monoisotopic (exact) mass is 324 g/mol. The Morgan fingerprint density at radius 1 is 1.21 bits per heavy atom. The Morgan fingerprint density at radius 2 is 2.04 bits per heavy atom. The Bertz CT molecular complexity index is 699. The van der Waals surface area contributed by atoms with Gasteiger partial charge in [-0.1, -0.05) is 25.1 Å². The van der Waals surface area contributed by atoms with Crippen molar-refractivity contribution in [2.24, 2.45) is 0 Å². The molecule has 1 aliphatic heterocycles. The summed E-state index contributed by atoms with van der Waals surface area (Å²) >= 11 is 0. The number of hydrogen-bond donors (Lipinski definition) is 1. The summed E-state index contributed by atoms with van der Waals surface area (Å²) in [5.74, 6) is 0.642. The van der Waals surface area contributed by atoms with Crippen LogP contribution >= 0.6 is 0 Å². The van der Waals surface area contributed by atoms with Gasteiger partial charge in [-0.15, -0.1) is 10.2 Å². The van der Waals surface area contributed by atoms with Crippen LogP contribution in [0.3, 0.4) is 0 Å². The van der Waals surface area contributed by atoms with Crippen LogP contribution in [0.15, 0.2) is 36.4 Å². The number of rotatable bonds is 4. The number of carbonyl (C=O) groups is 1. The molecule has 1 unspecified atom stereocenters. The summed E-state index contributed by atoms with van der Waals surface area (Å²) in [6, 6.07) is 11.9. The van der Waals surface area contributed by atoms with E-state index in [0.29, 0.717) is 11.7 Å². The van der Waals surface area contributed by atoms with Crippen molar-refractivity contribution in [2.45, 2.75) is 45.6 Å². The van der Waals surface area contributed by atoms with Gasteiger partial charge in [0.05, 0.1) is 0 Å². The van der Waals surface area contributed by atoms with E-state index in [1.807, 2.05) is 37.3 Å². The predicted octanol–water partition coefficient (Wildman–Crippen LogP) is 3.81. The van der Waals surface area contributed by atoms with E-state index < -0.39 is 0 Å². The van der Waals surface area contributed by atoms with Gasteiger partial charge in [-0.25, -0.2) is 0 Å². The molecule has 0 radical (unpaired) electrons. The molecule has 1 aliphatic rings. The fraction of sp³-hybridized carbons (Fsp3) is 0.421. The number of amides is 1. The van der Waals surface area contributed by atoms with Crippen LogP contribution in [0.25, 0.3) is 0 Å². The first-order valence-electron chi connectivity index (χ1n) is 8.66. The van der Waals surface area contributed by atoms with Gasteiger partial charge >= 0.3 is 0 Å². The summed E-state index contributed by atoms with van der Waals surface area (Å²) in [7, 11) is 0. The summed E-state index contributed by atoms with van der Waals surface area (Å²) in [5, 5.41) is 11.3. The number of benzene rings is 1. The van der Waals surface area contributed by atoms with Crippen molar-refractivity contribution in [1.29, 1.82) is 0 Å². The molecule has 5 nitrogen and oxygen atoms in total. The highest BCUT2D eigenvalue weighted by atomic mass is 16.1. The average Bonchev–Trinajstić information content (AvgIpc) is 2.63. The number of hydrogen-bond acceptors (Lipinski definition) is 4. The molecule has 5 heteroatoms. The van der Waals surface area contributed by atoms with Gasteiger partial charge in [-0.05, 0) is 56.4 Å².